The summed E-state index contributed by atoms with van der Waals surface area (Å²) in [5.41, 5.74) is 11.2. The Hall–Kier alpha value is -3.97. The Kier molecular flexibility index (Phi) is 13.3. The minimum Gasteiger partial charge on any atom is -0.460 e. The first-order valence-electron chi connectivity index (χ1n) is 18.3. The van der Waals surface area contributed by atoms with E-state index in [-0.39, 0.29) is 49.1 Å². The normalized spacial score (nSPS) is 25.4. The molecule has 13 nitrogen and oxygen atoms in total. The highest BCUT2D eigenvalue weighted by Crippen LogP contribution is 2.57. The Labute approximate surface area is 302 Å². The molecule has 1 saturated heterocycles. The molecule has 3 saturated carbocycles. The molecule has 0 radical (unpaired) electrons. The number of Topliss-reactive ketones (excluding diaryl/α,β-unsaturated/α-hetero) is 1. The molecule has 0 spiro atoms. The molecule has 6 unspecified atom stereocenters. The maximum Gasteiger partial charge on any atom is 0.409 e. The van der Waals surface area contributed by atoms with Crippen LogP contribution in [0.15, 0.2) is 42.6 Å². The van der Waals surface area contributed by atoms with Gasteiger partial charge < -0.3 is 36.1 Å². The molecule has 13 heteroatoms. The molecule has 4 aliphatic rings. The molecular weight excluding hydrogens is 652 g/mol. The second-order valence-corrected chi connectivity index (χ2v) is 15.6. The van der Waals surface area contributed by atoms with Crippen LogP contribution in [-0.2, 0) is 35.3 Å². The number of esters is 1. The van der Waals surface area contributed by atoms with E-state index in [1.165, 1.54) is 44.9 Å². The number of ketones is 1. The Morgan fingerprint density at radius 1 is 1.02 bits per heavy atom. The first-order valence-corrected chi connectivity index (χ1v) is 18.3. The van der Waals surface area contributed by atoms with Crippen molar-refractivity contribution >= 4 is 29.7 Å². The highest BCUT2D eigenvalue weighted by atomic mass is 16.6. The molecule has 1 heterocycles. The van der Waals surface area contributed by atoms with Gasteiger partial charge in [-0.3, -0.25) is 24.9 Å². The van der Waals surface area contributed by atoms with Crippen LogP contribution in [0, 0.1) is 23.7 Å². The smallest absolute Gasteiger partial charge is 0.409 e. The third kappa shape index (κ3) is 10.8. The molecular formula is C38H58N6O7. The van der Waals surface area contributed by atoms with Crippen LogP contribution in [0.5, 0.6) is 0 Å². The van der Waals surface area contributed by atoms with Crippen LogP contribution in [0.2, 0.25) is 0 Å². The van der Waals surface area contributed by atoms with E-state index in [2.05, 4.69) is 29.5 Å². The van der Waals surface area contributed by atoms with Gasteiger partial charge in [0.15, 0.2) is 11.5 Å². The summed E-state index contributed by atoms with van der Waals surface area (Å²) >= 11 is 0. The molecule has 1 aromatic rings. The van der Waals surface area contributed by atoms with Crippen LogP contribution >= 0.6 is 0 Å². The van der Waals surface area contributed by atoms with Crippen molar-refractivity contribution in [2.45, 2.75) is 122 Å². The number of fused-ring (bicyclic) bond motifs is 1. The zero-order chi connectivity index (χ0) is 37.5. The van der Waals surface area contributed by atoms with Crippen molar-refractivity contribution in [2.24, 2.45) is 35.1 Å². The van der Waals surface area contributed by atoms with E-state index in [9.17, 15) is 24.0 Å². The summed E-state index contributed by atoms with van der Waals surface area (Å²) in [4.78, 5) is 67.3. The number of carbonyl (C=O) groups excluding carboxylic acids is 5. The third-order valence-corrected chi connectivity index (χ3v) is 10.6. The van der Waals surface area contributed by atoms with E-state index in [0.29, 0.717) is 0 Å². The number of nitrogens with zero attached hydrogens (tertiary/aromatic N) is 1. The fraction of sp³-hybridized carbons (Fsp3) is 0.658. The summed E-state index contributed by atoms with van der Waals surface area (Å²) in [7, 11) is 0. The molecule has 3 aliphatic carbocycles. The number of ether oxygens (including phenoxy) is 2. The lowest BCUT2D eigenvalue weighted by molar-refractivity contribution is -0.143. The van der Waals surface area contributed by atoms with Gasteiger partial charge in [0.05, 0.1) is 11.7 Å². The number of nitrogens with one attached hydrogen (secondary N) is 3. The van der Waals surface area contributed by atoms with Crippen LogP contribution in [0.1, 0.15) is 91.5 Å². The van der Waals surface area contributed by atoms with Gasteiger partial charge in [-0.05, 0) is 57.9 Å². The van der Waals surface area contributed by atoms with Crippen molar-refractivity contribution in [2.75, 3.05) is 13.1 Å². The summed E-state index contributed by atoms with van der Waals surface area (Å²) in [6.45, 7) is 12.5. The lowest BCUT2D eigenvalue weighted by atomic mass is 9.83. The van der Waals surface area contributed by atoms with Crippen LogP contribution in [0.3, 0.4) is 0 Å². The molecule has 6 atom stereocenters. The van der Waals surface area contributed by atoms with Gasteiger partial charge in [-0.25, -0.2) is 4.79 Å². The molecule has 0 aromatic heterocycles. The van der Waals surface area contributed by atoms with Crippen molar-refractivity contribution in [1.82, 2.24) is 20.9 Å². The molecule has 282 valence electrons. The third-order valence-electron chi connectivity index (χ3n) is 10.6. The van der Waals surface area contributed by atoms with Crippen molar-refractivity contribution in [3.05, 3.63) is 48.2 Å². The van der Waals surface area contributed by atoms with E-state index in [1.807, 2.05) is 37.3 Å². The average molecular weight is 711 g/mol. The molecule has 0 bridgehead atoms. The maximum absolute atomic E-state index is 14.1. The van der Waals surface area contributed by atoms with Crippen molar-refractivity contribution in [1.29, 1.82) is 0 Å². The van der Waals surface area contributed by atoms with Gasteiger partial charge in [0.25, 0.3) is 0 Å². The van der Waals surface area contributed by atoms with Crippen LogP contribution in [0.25, 0.3) is 0 Å². The molecule has 5 rings (SSSR count). The maximum atomic E-state index is 14.1. The number of hydrogen-bond acceptors (Lipinski definition) is 10. The monoisotopic (exact) mass is 710 g/mol. The standard InChI is InChI=1S/C33H48N6O7.C5H10/c1-19(36-16-24(40)45-18-21-12-8-6-9-13-21)28(41)20(2)37-29(42)27-25-23(33(25,5)35)17-39(27)30(43)26(22-14-10-7-11-15-22)38-31(44)46-32(3,4)34;1-5-3-2-4-5/h6,8-9,12-13,20,22-23,25-27,36H,1,7,10-11,14-18,34-35H2,2-5H3,(H,37,42)(H,38,44);5H,2-4H2,1H3. The second-order valence-electron chi connectivity index (χ2n) is 15.6. The molecule has 1 aliphatic heterocycles. The van der Waals surface area contributed by atoms with Gasteiger partial charge in [-0.2, -0.15) is 0 Å². The predicted molar refractivity (Wildman–Crippen MR) is 192 cm³/mol. The zero-order valence-electron chi connectivity index (χ0n) is 30.9. The number of carbonyl (C=O) groups is 5. The van der Waals surface area contributed by atoms with Gasteiger partial charge in [0.1, 0.15) is 25.2 Å². The first kappa shape index (κ1) is 39.8. The van der Waals surface area contributed by atoms with Gasteiger partial charge in [-0.1, -0.05) is 82.4 Å². The molecule has 1 aromatic carbocycles. The fourth-order valence-electron chi connectivity index (χ4n) is 7.30. The van der Waals surface area contributed by atoms with Crippen molar-refractivity contribution < 1.29 is 33.4 Å². The summed E-state index contributed by atoms with van der Waals surface area (Å²) in [6.07, 6.45) is 8.03. The average Bonchev–Trinajstić information content (AvgIpc) is 3.38. The van der Waals surface area contributed by atoms with Gasteiger partial charge in [0.2, 0.25) is 11.8 Å². The number of rotatable bonds is 13. The van der Waals surface area contributed by atoms with E-state index >= 15 is 0 Å². The van der Waals surface area contributed by atoms with Gasteiger partial charge in [0, 0.05) is 23.9 Å². The van der Waals surface area contributed by atoms with Crippen LogP contribution in [-0.4, -0.2) is 77.0 Å². The summed E-state index contributed by atoms with van der Waals surface area (Å²) in [5.74, 6) is -1.52. The number of alkyl carbamates (subject to hydrolysis) is 1. The number of hydrogen-bond donors (Lipinski definition) is 5. The van der Waals surface area contributed by atoms with Crippen LogP contribution < -0.4 is 27.4 Å². The zero-order valence-corrected chi connectivity index (χ0v) is 30.9. The minimum absolute atomic E-state index is 0.0697. The summed E-state index contributed by atoms with van der Waals surface area (Å²) in [5, 5.41) is 8.13. The van der Waals surface area contributed by atoms with E-state index in [4.69, 9.17) is 20.9 Å². The Morgan fingerprint density at radius 2 is 1.65 bits per heavy atom. The highest BCUT2D eigenvalue weighted by Gasteiger charge is 2.70. The highest BCUT2D eigenvalue weighted by molar-refractivity contribution is 6.02. The van der Waals surface area contributed by atoms with Crippen molar-refractivity contribution in [3.63, 3.8) is 0 Å². The predicted octanol–water partition coefficient (Wildman–Crippen LogP) is 3.26. The Morgan fingerprint density at radius 3 is 2.22 bits per heavy atom. The van der Waals surface area contributed by atoms with E-state index in [1.54, 1.807) is 0 Å². The Bertz CT molecular complexity index is 1420. The first-order chi connectivity index (χ1) is 24.0. The molecule has 51 heavy (non-hydrogen) atoms. The molecule has 7 N–H and O–H groups in total. The topological polar surface area (TPSA) is 195 Å². The second kappa shape index (κ2) is 17.0. The van der Waals surface area contributed by atoms with Gasteiger partial charge in [-0.15, -0.1) is 0 Å². The van der Waals surface area contributed by atoms with E-state index in [0.717, 1.165) is 43.6 Å². The number of nitrogens with two attached hydrogens (primary N) is 2. The number of benzene rings is 1. The van der Waals surface area contributed by atoms with Gasteiger partial charge >= 0.3 is 12.1 Å². The summed E-state index contributed by atoms with van der Waals surface area (Å²) in [6, 6.07) is 6.32. The largest absolute Gasteiger partial charge is 0.460 e. The SMILES string of the molecule is C=C(NCC(=O)OCc1ccccc1)C(=O)C(C)NC(=O)C1C2C(CN1C(=O)C(NC(=O)OC(C)(C)N)C1CCCCC1)C2(C)N.CC1CCC1. The fourth-order valence-corrected chi connectivity index (χ4v) is 7.30. The molecule has 4 fully saturated rings. The van der Waals surface area contributed by atoms with Crippen molar-refractivity contribution in [3.8, 4) is 0 Å². The summed E-state index contributed by atoms with van der Waals surface area (Å²) < 4.78 is 10.5. The van der Waals surface area contributed by atoms with Crippen LogP contribution in [0.4, 0.5) is 4.79 Å². The minimum atomic E-state index is -1.24. The Balaban J connectivity index is 0.00000107. The number of likely N-dealkylation sites (tertiary alicyclic amines) is 1. The van der Waals surface area contributed by atoms with E-state index < -0.39 is 53.1 Å². The lowest BCUT2D eigenvalue weighted by Gasteiger charge is -2.37. The quantitative estimate of drug-likeness (QED) is 0.115. The number of piperidine rings is 1. The molecule has 3 amide bonds. The number of amides is 3. The lowest BCUT2D eigenvalue weighted by Crippen LogP contribution is -2.60.